The molecule has 2 aromatic rings. The van der Waals surface area contributed by atoms with E-state index in [2.05, 4.69) is 0 Å². The Morgan fingerprint density at radius 3 is 2.27 bits per heavy atom. The number of benzene rings is 2. The van der Waals surface area contributed by atoms with E-state index in [-0.39, 0.29) is 0 Å². The van der Waals surface area contributed by atoms with Crippen molar-refractivity contribution < 1.29 is 13.2 Å². The largest absolute Gasteiger partial charge is 0.497 e. The Hall–Kier alpha value is -1.96. The van der Waals surface area contributed by atoms with Gasteiger partial charge < -0.3 is 4.74 Å². The van der Waals surface area contributed by atoms with E-state index in [1.165, 1.54) is 9.28 Å². The van der Waals surface area contributed by atoms with Crippen LogP contribution in [0.15, 0.2) is 75.0 Å². The molecule has 138 valence electrons. The first-order valence-corrected chi connectivity index (χ1v) is 11.0. The van der Waals surface area contributed by atoms with Crippen molar-refractivity contribution in [2.75, 3.05) is 19.4 Å². The van der Waals surface area contributed by atoms with Crippen molar-refractivity contribution in [3.63, 3.8) is 0 Å². The van der Waals surface area contributed by atoms with Gasteiger partial charge in [-0.2, -0.15) is 0 Å². The molecular formula is C19H22N2O3S2. The predicted molar refractivity (Wildman–Crippen MR) is 106 cm³/mol. The van der Waals surface area contributed by atoms with Crippen molar-refractivity contribution in [3.8, 4) is 5.75 Å². The van der Waals surface area contributed by atoms with Crippen LogP contribution in [0.25, 0.3) is 0 Å². The Bertz CT molecular complexity index is 950. The molecule has 0 radical (unpaired) electrons. The molecule has 0 aliphatic carbocycles. The minimum Gasteiger partial charge on any atom is -0.497 e. The van der Waals surface area contributed by atoms with Crippen molar-refractivity contribution in [1.29, 1.82) is 0 Å². The Morgan fingerprint density at radius 2 is 1.65 bits per heavy atom. The van der Waals surface area contributed by atoms with Crippen LogP contribution < -0.4 is 4.74 Å². The van der Waals surface area contributed by atoms with Crippen LogP contribution >= 0.6 is 0 Å². The highest BCUT2D eigenvalue weighted by Crippen LogP contribution is 2.28. The van der Waals surface area contributed by atoms with Gasteiger partial charge in [-0.15, -0.1) is 3.71 Å². The average Bonchev–Trinajstić information content (AvgIpc) is 2.65. The summed E-state index contributed by atoms with van der Waals surface area (Å²) < 4.78 is 37.8. The zero-order valence-electron chi connectivity index (χ0n) is 15.0. The Morgan fingerprint density at radius 1 is 1.00 bits per heavy atom. The molecule has 1 unspecified atom stereocenters. The second kappa shape index (κ2) is 7.73. The lowest BCUT2D eigenvalue weighted by Crippen LogP contribution is -2.38. The summed E-state index contributed by atoms with van der Waals surface area (Å²) in [6.07, 6.45) is 0. The molecule has 0 fully saturated rings. The quantitative estimate of drug-likeness (QED) is 0.739. The Labute approximate surface area is 157 Å². The molecule has 0 N–H and O–H groups in total. The highest BCUT2D eigenvalue weighted by molar-refractivity contribution is 8.02. The summed E-state index contributed by atoms with van der Waals surface area (Å²) >= 11 is 0. The van der Waals surface area contributed by atoms with Crippen LogP contribution in [0, 0.1) is 0 Å². The summed E-state index contributed by atoms with van der Waals surface area (Å²) in [7, 11) is -2.79. The molecule has 1 heterocycles. The summed E-state index contributed by atoms with van der Waals surface area (Å²) in [4.78, 5) is 0.301. The SMILES string of the molecule is COc1ccc(N=S2CC(C)=C(C)CN2S(=O)(=O)c2ccccc2)cc1. The average molecular weight is 391 g/mol. The molecule has 0 aromatic heterocycles. The molecule has 26 heavy (non-hydrogen) atoms. The number of hydrogen-bond acceptors (Lipinski definition) is 4. The summed E-state index contributed by atoms with van der Waals surface area (Å²) in [6.45, 7) is 4.40. The Kier molecular flexibility index (Phi) is 5.60. The molecule has 5 nitrogen and oxygen atoms in total. The van der Waals surface area contributed by atoms with Gasteiger partial charge in [0, 0.05) is 12.3 Å². The number of methoxy groups -OCH3 is 1. The van der Waals surface area contributed by atoms with Gasteiger partial charge in [0.15, 0.2) is 0 Å². The van der Waals surface area contributed by atoms with Crippen LogP contribution in [0.5, 0.6) is 5.75 Å². The van der Waals surface area contributed by atoms with Crippen molar-refractivity contribution in [2.45, 2.75) is 18.7 Å². The molecule has 1 atom stereocenters. The van der Waals surface area contributed by atoms with E-state index in [0.29, 0.717) is 17.2 Å². The summed E-state index contributed by atoms with van der Waals surface area (Å²) in [5.41, 5.74) is 3.03. The van der Waals surface area contributed by atoms with Crippen molar-refractivity contribution >= 4 is 26.6 Å². The minimum atomic E-state index is -3.61. The van der Waals surface area contributed by atoms with Crippen molar-refractivity contribution in [1.82, 2.24) is 3.71 Å². The second-order valence-corrected chi connectivity index (χ2v) is 9.80. The molecular weight excluding hydrogens is 368 g/mol. The summed E-state index contributed by atoms with van der Waals surface area (Å²) in [5, 5.41) is 0. The third-order valence-corrected chi connectivity index (χ3v) is 8.62. The molecule has 0 saturated carbocycles. The van der Waals surface area contributed by atoms with Gasteiger partial charge in [0.1, 0.15) is 5.75 Å². The van der Waals surface area contributed by atoms with Gasteiger partial charge in [0.25, 0.3) is 10.0 Å². The van der Waals surface area contributed by atoms with Gasteiger partial charge in [-0.3, -0.25) is 0 Å². The molecule has 1 aliphatic rings. The van der Waals surface area contributed by atoms with Gasteiger partial charge >= 0.3 is 0 Å². The third-order valence-electron chi connectivity index (χ3n) is 4.27. The molecule has 0 spiro atoms. The number of sulfonamides is 1. The third kappa shape index (κ3) is 3.90. The Balaban J connectivity index is 2.04. The van der Waals surface area contributed by atoms with Gasteiger partial charge in [-0.1, -0.05) is 29.3 Å². The van der Waals surface area contributed by atoms with Crippen LogP contribution in [0.4, 0.5) is 5.69 Å². The summed E-state index contributed by atoms with van der Waals surface area (Å²) in [5.74, 6) is 1.36. The second-order valence-electron chi connectivity index (χ2n) is 6.11. The number of nitrogens with zero attached hydrogens (tertiary/aromatic N) is 2. The molecule has 3 rings (SSSR count). The van der Waals surface area contributed by atoms with E-state index < -0.39 is 20.9 Å². The van der Waals surface area contributed by atoms with Gasteiger partial charge in [0.2, 0.25) is 0 Å². The maximum absolute atomic E-state index is 13.2. The standard InChI is InChI=1S/C19H22N2O3S2/c1-15-13-21(26(22,23)19-7-5-4-6-8-19)25(14-16(15)2)20-17-9-11-18(24-3)12-10-17/h4-12H,13-14H2,1-3H3. The molecule has 1 aliphatic heterocycles. The van der Waals surface area contributed by atoms with E-state index in [1.54, 1.807) is 31.4 Å². The van der Waals surface area contributed by atoms with Crippen LogP contribution in [0.1, 0.15) is 13.8 Å². The van der Waals surface area contributed by atoms with Gasteiger partial charge in [-0.05, 0) is 61.1 Å². The molecule has 0 amide bonds. The first-order valence-electron chi connectivity index (χ1n) is 8.22. The van der Waals surface area contributed by atoms with Crippen LogP contribution in [-0.4, -0.2) is 31.5 Å². The molecule has 0 bridgehead atoms. The zero-order chi connectivity index (χ0) is 18.7. The topological polar surface area (TPSA) is 59.0 Å². The van der Waals surface area contributed by atoms with Crippen molar-refractivity contribution in [2.24, 2.45) is 4.36 Å². The normalized spacial score (nSPS) is 19.0. The van der Waals surface area contributed by atoms with Crippen molar-refractivity contribution in [3.05, 3.63) is 65.7 Å². The summed E-state index contributed by atoms with van der Waals surface area (Å²) in [6, 6.07) is 15.9. The smallest absolute Gasteiger partial charge is 0.253 e. The van der Waals surface area contributed by atoms with Crippen LogP contribution in [0.3, 0.4) is 0 Å². The molecule has 0 saturated heterocycles. The maximum Gasteiger partial charge on any atom is 0.253 e. The van der Waals surface area contributed by atoms with Gasteiger partial charge in [0.05, 0.1) is 17.7 Å². The lowest BCUT2D eigenvalue weighted by molar-refractivity contribution is 0.415. The highest BCUT2D eigenvalue weighted by Gasteiger charge is 2.31. The first-order chi connectivity index (χ1) is 12.4. The molecule has 2 aromatic carbocycles. The van der Waals surface area contributed by atoms with E-state index >= 15 is 0 Å². The van der Waals surface area contributed by atoms with E-state index in [1.807, 2.05) is 44.2 Å². The zero-order valence-corrected chi connectivity index (χ0v) is 16.7. The fourth-order valence-electron chi connectivity index (χ4n) is 2.54. The monoisotopic (exact) mass is 390 g/mol. The lowest BCUT2D eigenvalue weighted by atomic mass is 10.2. The van der Waals surface area contributed by atoms with E-state index in [4.69, 9.17) is 9.10 Å². The number of hydrogen-bond donors (Lipinski definition) is 0. The first kappa shape index (κ1) is 18.8. The lowest BCUT2D eigenvalue weighted by Gasteiger charge is -2.30. The van der Waals surface area contributed by atoms with Crippen LogP contribution in [-0.2, 0) is 20.9 Å². The van der Waals surface area contributed by atoms with Crippen LogP contribution in [0.2, 0.25) is 0 Å². The highest BCUT2D eigenvalue weighted by atomic mass is 32.3. The fourth-order valence-corrected chi connectivity index (χ4v) is 6.71. The fraction of sp³-hybridized carbons (Fsp3) is 0.263. The van der Waals surface area contributed by atoms with E-state index in [9.17, 15) is 8.42 Å². The number of ether oxygens (including phenoxy) is 1. The minimum absolute atomic E-state index is 0.301. The van der Waals surface area contributed by atoms with E-state index in [0.717, 1.165) is 17.0 Å². The van der Waals surface area contributed by atoms with Gasteiger partial charge in [-0.25, -0.2) is 12.8 Å². The molecule has 7 heteroatoms. The number of rotatable bonds is 4. The maximum atomic E-state index is 13.2. The predicted octanol–water partition coefficient (Wildman–Crippen LogP) is 4.08.